The van der Waals surface area contributed by atoms with E-state index < -0.39 is 18.2 Å². The lowest BCUT2D eigenvalue weighted by molar-refractivity contribution is -0.155. The lowest BCUT2D eigenvalue weighted by Gasteiger charge is -2.40. The third kappa shape index (κ3) is 2.73. The van der Waals surface area contributed by atoms with Crippen molar-refractivity contribution in [3.8, 4) is 0 Å². The van der Waals surface area contributed by atoms with Crippen molar-refractivity contribution in [1.29, 1.82) is 0 Å². The molecule has 1 saturated heterocycles. The van der Waals surface area contributed by atoms with Crippen LogP contribution in [0.2, 0.25) is 0 Å². The lowest BCUT2D eigenvalue weighted by Crippen LogP contribution is -2.56. The highest BCUT2D eigenvalue weighted by Crippen LogP contribution is 2.22. The fourth-order valence-corrected chi connectivity index (χ4v) is 1.57. The van der Waals surface area contributed by atoms with Crippen LogP contribution >= 0.6 is 0 Å². The molecule has 6 nitrogen and oxygen atoms in total. The van der Waals surface area contributed by atoms with Crippen molar-refractivity contribution in [2.45, 2.75) is 6.10 Å². The maximum absolute atomic E-state index is 11.3. The van der Waals surface area contributed by atoms with Gasteiger partial charge in [0.2, 0.25) is 0 Å². The van der Waals surface area contributed by atoms with Crippen molar-refractivity contribution in [3.05, 3.63) is 12.7 Å². The van der Waals surface area contributed by atoms with Gasteiger partial charge in [0, 0.05) is 26.1 Å². The first-order chi connectivity index (χ1) is 7.60. The number of amides is 1. The van der Waals surface area contributed by atoms with Crippen LogP contribution in [0.25, 0.3) is 0 Å². The Kier molecular flexibility index (Phi) is 4.30. The van der Waals surface area contributed by atoms with Crippen LogP contribution < -0.4 is 0 Å². The normalized spacial score (nSPS) is 17.4. The van der Waals surface area contributed by atoms with E-state index in [9.17, 15) is 9.59 Å². The van der Waals surface area contributed by atoms with Gasteiger partial charge >= 0.3 is 12.1 Å². The summed E-state index contributed by atoms with van der Waals surface area (Å²) in [7, 11) is 1.34. The Balaban J connectivity index is 2.33. The molecule has 0 bridgehead atoms. The minimum absolute atomic E-state index is 0.159. The first-order valence-corrected chi connectivity index (χ1v) is 4.88. The van der Waals surface area contributed by atoms with Gasteiger partial charge in [0.1, 0.15) is 6.61 Å². The quantitative estimate of drug-likeness (QED) is 0.688. The van der Waals surface area contributed by atoms with Crippen LogP contribution in [0.3, 0.4) is 0 Å². The third-order valence-electron chi connectivity index (χ3n) is 2.42. The number of carboxylic acid groups (broad SMARTS) is 1. The molecular weight excluding hydrogens is 214 g/mol. The van der Waals surface area contributed by atoms with Crippen LogP contribution in [0.1, 0.15) is 0 Å². The molecule has 1 aliphatic rings. The molecule has 1 heterocycles. The zero-order valence-electron chi connectivity index (χ0n) is 9.09. The van der Waals surface area contributed by atoms with Crippen molar-refractivity contribution in [2.24, 2.45) is 5.92 Å². The van der Waals surface area contributed by atoms with Gasteiger partial charge in [0.05, 0.1) is 0 Å². The smallest absolute Gasteiger partial charge is 0.410 e. The van der Waals surface area contributed by atoms with E-state index in [-0.39, 0.29) is 12.5 Å². The van der Waals surface area contributed by atoms with Crippen LogP contribution in [0.15, 0.2) is 12.7 Å². The van der Waals surface area contributed by atoms with Gasteiger partial charge in [-0.05, 0) is 0 Å². The Labute approximate surface area is 93.4 Å². The largest absolute Gasteiger partial charge is 0.479 e. The average Bonchev–Trinajstić information content (AvgIpc) is 2.18. The first-order valence-electron chi connectivity index (χ1n) is 4.88. The highest BCUT2D eigenvalue weighted by atomic mass is 16.6. The molecule has 1 atom stereocenters. The number of carboxylic acids is 1. The molecule has 1 aliphatic heterocycles. The fraction of sp³-hybridized carbons (Fsp3) is 0.600. The number of carbonyl (C=O) groups excluding carboxylic acids is 1. The number of hydrogen-bond donors (Lipinski definition) is 1. The van der Waals surface area contributed by atoms with Crippen molar-refractivity contribution in [1.82, 2.24) is 4.90 Å². The molecule has 0 aromatic rings. The number of ether oxygens (including phenoxy) is 2. The Hall–Kier alpha value is -1.56. The zero-order chi connectivity index (χ0) is 12.1. The summed E-state index contributed by atoms with van der Waals surface area (Å²) in [5.41, 5.74) is 0. The molecule has 1 N–H and O–H groups in total. The lowest BCUT2D eigenvalue weighted by atomic mass is 9.94. The van der Waals surface area contributed by atoms with Crippen molar-refractivity contribution in [3.63, 3.8) is 0 Å². The summed E-state index contributed by atoms with van der Waals surface area (Å²) in [6.45, 7) is 4.28. The van der Waals surface area contributed by atoms with Gasteiger partial charge in [0.15, 0.2) is 6.10 Å². The van der Waals surface area contributed by atoms with E-state index in [1.807, 2.05) is 0 Å². The highest BCUT2D eigenvalue weighted by molar-refractivity contribution is 5.74. The molecule has 16 heavy (non-hydrogen) atoms. The Morgan fingerprint density at radius 3 is 2.69 bits per heavy atom. The molecule has 0 aromatic carbocycles. The summed E-state index contributed by atoms with van der Waals surface area (Å²) in [4.78, 5) is 23.5. The van der Waals surface area contributed by atoms with Crippen molar-refractivity contribution < 1.29 is 24.2 Å². The maximum atomic E-state index is 11.3. The van der Waals surface area contributed by atoms with Crippen molar-refractivity contribution >= 4 is 12.1 Å². The predicted octanol–water partition coefficient (Wildman–Crippen LogP) is 0.340. The van der Waals surface area contributed by atoms with Gasteiger partial charge in [-0.1, -0.05) is 12.7 Å². The molecule has 90 valence electrons. The second-order valence-electron chi connectivity index (χ2n) is 3.53. The van der Waals surface area contributed by atoms with Gasteiger partial charge in [-0.2, -0.15) is 0 Å². The van der Waals surface area contributed by atoms with E-state index in [0.29, 0.717) is 13.1 Å². The molecule has 0 aliphatic carbocycles. The predicted molar refractivity (Wildman–Crippen MR) is 55.0 cm³/mol. The van der Waals surface area contributed by atoms with Gasteiger partial charge in [-0.3, -0.25) is 0 Å². The van der Waals surface area contributed by atoms with Crippen LogP contribution in [0, 0.1) is 5.92 Å². The number of aliphatic carboxylic acids is 1. The van der Waals surface area contributed by atoms with Gasteiger partial charge in [-0.15, -0.1) is 0 Å². The molecule has 1 fully saturated rings. The maximum Gasteiger partial charge on any atom is 0.410 e. The number of likely N-dealkylation sites (tertiary alicyclic amines) is 1. The van der Waals surface area contributed by atoms with Crippen LogP contribution in [0.4, 0.5) is 4.79 Å². The molecule has 0 radical (unpaired) electrons. The van der Waals surface area contributed by atoms with Gasteiger partial charge in [-0.25, -0.2) is 9.59 Å². The number of rotatable bonds is 5. The Morgan fingerprint density at radius 1 is 1.62 bits per heavy atom. The SMILES string of the molecule is C=CCOC(=O)N1CC(C(OC)C(=O)O)C1. The van der Waals surface area contributed by atoms with E-state index in [0.717, 1.165) is 0 Å². The minimum Gasteiger partial charge on any atom is -0.479 e. The van der Waals surface area contributed by atoms with Crippen LogP contribution in [0.5, 0.6) is 0 Å². The molecule has 0 saturated carbocycles. The average molecular weight is 229 g/mol. The van der Waals surface area contributed by atoms with Gasteiger partial charge in [0.25, 0.3) is 0 Å². The second kappa shape index (κ2) is 5.50. The summed E-state index contributed by atoms with van der Waals surface area (Å²) < 4.78 is 9.63. The molecule has 0 spiro atoms. The Bertz CT molecular complexity index is 285. The van der Waals surface area contributed by atoms with Gasteiger partial charge < -0.3 is 19.5 Å². The molecule has 1 unspecified atom stereocenters. The van der Waals surface area contributed by atoms with E-state index in [4.69, 9.17) is 14.6 Å². The summed E-state index contributed by atoms with van der Waals surface area (Å²) >= 11 is 0. The van der Waals surface area contributed by atoms with Crippen molar-refractivity contribution in [2.75, 3.05) is 26.8 Å². The van der Waals surface area contributed by atoms with Crippen LogP contribution in [-0.4, -0.2) is 55.0 Å². The van der Waals surface area contributed by atoms with E-state index in [1.165, 1.54) is 18.1 Å². The molecule has 6 heteroatoms. The highest BCUT2D eigenvalue weighted by Gasteiger charge is 2.40. The summed E-state index contributed by atoms with van der Waals surface area (Å²) in [6.07, 6.45) is 0.171. The van der Waals surface area contributed by atoms with E-state index >= 15 is 0 Å². The second-order valence-corrected chi connectivity index (χ2v) is 3.53. The first kappa shape index (κ1) is 12.5. The number of nitrogens with zero attached hydrogens (tertiary/aromatic N) is 1. The van der Waals surface area contributed by atoms with Crippen LogP contribution in [-0.2, 0) is 14.3 Å². The molecular formula is C10H15NO5. The molecule has 1 amide bonds. The van der Waals surface area contributed by atoms with E-state index in [2.05, 4.69) is 6.58 Å². The standard InChI is InChI=1S/C10H15NO5/c1-3-4-16-10(14)11-5-7(6-11)8(15-2)9(12)13/h3,7-8H,1,4-6H2,2H3,(H,12,13). The number of methoxy groups -OCH3 is 1. The third-order valence-corrected chi connectivity index (χ3v) is 2.42. The monoisotopic (exact) mass is 229 g/mol. The summed E-state index contributed by atoms with van der Waals surface area (Å²) in [5.74, 6) is -1.18. The molecule has 0 aromatic heterocycles. The summed E-state index contributed by atoms with van der Waals surface area (Å²) in [6, 6.07) is 0. The fourth-order valence-electron chi connectivity index (χ4n) is 1.57. The number of carbonyl (C=O) groups is 2. The minimum atomic E-state index is -1.01. The molecule has 1 rings (SSSR count). The van der Waals surface area contributed by atoms with E-state index in [1.54, 1.807) is 0 Å². The zero-order valence-corrected chi connectivity index (χ0v) is 9.09. The Morgan fingerprint density at radius 2 is 2.25 bits per heavy atom. The topological polar surface area (TPSA) is 76.1 Å². The number of hydrogen-bond acceptors (Lipinski definition) is 4. The summed E-state index contributed by atoms with van der Waals surface area (Å²) in [5, 5.41) is 8.80.